The summed E-state index contributed by atoms with van der Waals surface area (Å²) >= 11 is 0. The minimum absolute atomic E-state index is 0.0998. The second-order valence-corrected chi connectivity index (χ2v) is 10.1. The van der Waals surface area contributed by atoms with Crippen molar-refractivity contribution in [2.24, 2.45) is 0 Å². The summed E-state index contributed by atoms with van der Waals surface area (Å²) in [6, 6.07) is 4.63. The summed E-state index contributed by atoms with van der Waals surface area (Å²) < 4.78 is 1.56. The molecule has 0 radical (unpaired) electrons. The molecule has 0 aliphatic carbocycles. The number of nitrogens with zero attached hydrogens (tertiary/aromatic N) is 6. The minimum Gasteiger partial charge on any atom is -0.392 e. The van der Waals surface area contributed by atoms with Crippen molar-refractivity contribution in [3.8, 4) is 22.6 Å². The van der Waals surface area contributed by atoms with Gasteiger partial charge in [-0.1, -0.05) is 6.07 Å². The van der Waals surface area contributed by atoms with E-state index in [1.165, 1.54) is 0 Å². The summed E-state index contributed by atoms with van der Waals surface area (Å²) in [7, 11) is 0. The Morgan fingerprint density at radius 3 is 2.61 bits per heavy atom. The molecule has 0 spiro atoms. The number of nitrogens with one attached hydrogen (secondary N) is 1. The van der Waals surface area contributed by atoms with Gasteiger partial charge in [0.2, 0.25) is 0 Å². The van der Waals surface area contributed by atoms with Gasteiger partial charge in [0.15, 0.2) is 17.3 Å². The normalized spacial score (nSPS) is 22.8. The molecule has 6 rings (SSSR count). The van der Waals surface area contributed by atoms with E-state index < -0.39 is 0 Å². The summed E-state index contributed by atoms with van der Waals surface area (Å²) in [5, 5.41) is 14.5. The number of anilines is 1. The number of carbonyl (C=O) groups excluding carboxylic acids is 1. The summed E-state index contributed by atoms with van der Waals surface area (Å²) in [5.41, 5.74) is 10.8. The van der Waals surface area contributed by atoms with Crippen molar-refractivity contribution in [1.29, 1.82) is 0 Å². The monoisotopic (exact) mass is 486 g/mol. The number of hydrogen-bond donors (Lipinski definition) is 3. The average Bonchev–Trinajstić information content (AvgIpc) is 3.57. The molecule has 6 heterocycles. The molecule has 2 aliphatic heterocycles. The number of aromatic amines is 1. The van der Waals surface area contributed by atoms with Crippen molar-refractivity contribution in [2.75, 3.05) is 12.3 Å². The molecular formula is C26H30N8O2. The maximum atomic E-state index is 12.8. The van der Waals surface area contributed by atoms with Crippen LogP contribution in [0.5, 0.6) is 0 Å². The molecule has 2 fully saturated rings. The molecule has 2 aliphatic rings. The highest BCUT2D eigenvalue weighted by molar-refractivity contribution is 6.00. The van der Waals surface area contributed by atoms with Crippen LogP contribution in [0, 0.1) is 0 Å². The van der Waals surface area contributed by atoms with Crippen LogP contribution in [-0.4, -0.2) is 70.1 Å². The van der Waals surface area contributed by atoms with E-state index in [2.05, 4.69) is 25.0 Å². The molecule has 4 atom stereocenters. The fourth-order valence-corrected chi connectivity index (χ4v) is 6.09. The van der Waals surface area contributed by atoms with Crippen LogP contribution in [-0.2, 0) is 0 Å². The number of Topliss-reactive ketones (excluding diaryl/α,β-unsaturated/α-hetero) is 1. The van der Waals surface area contributed by atoms with Gasteiger partial charge in [-0.15, -0.1) is 0 Å². The first-order valence-electron chi connectivity index (χ1n) is 12.5. The van der Waals surface area contributed by atoms with E-state index in [9.17, 15) is 9.90 Å². The van der Waals surface area contributed by atoms with Gasteiger partial charge >= 0.3 is 0 Å². The number of carbonyl (C=O) groups is 1. The summed E-state index contributed by atoms with van der Waals surface area (Å²) in [6.45, 7) is 4.07. The Kier molecular flexibility index (Phi) is 5.57. The number of imidazole rings is 1. The molecule has 4 N–H and O–H groups in total. The first-order chi connectivity index (χ1) is 17.4. The molecule has 1 unspecified atom stereocenters. The minimum atomic E-state index is -0.357. The zero-order valence-electron chi connectivity index (χ0n) is 20.4. The van der Waals surface area contributed by atoms with Gasteiger partial charge in [-0.25, -0.2) is 9.97 Å². The first kappa shape index (κ1) is 22.8. The van der Waals surface area contributed by atoms with Gasteiger partial charge in [-0.3, -0.25) is 14.7 Å². The summed E-state index contributed by atoms with van der Waals surface area (Å²) in [5.74, 6) is 1.06. The summed E-state index contributed by atoms with van der Waals surface area (Å²) in [4.78, 5) is 32.1. The maximum Gasteiger partial charge on any atom is 0.165 e. The zero-order valence-corrected chi connectivity index (χ0v) is 20.4. The molecule has 0 amide bonds. The van der Waals surface area contributed by atoms with E-state index in [-0.39, 0.29) is 17.8 Å². The van der Waals surface area contributed by atoms with Crippen LogP contribution >= 0.6 is 0 Å². The van der Waals surface area contributed by atoms with Crippen LogP contribution < -0.4 is 5.73 Å². The van der Waals surface area contributed by atoms with E-state index >= 15 is 0 Å². The van der Waals surface area contributed by atoms with Crippen molar-refractivity contribution in [1.82, 2.24) is 34.4 Å². The van der Waals surface area contributed by atoms with E-state index in [1.54, 1.807) is 36.2 Å². The third kappa shape index (κ3) is 3.77. The number of hydrogen-bond acceptors (Lipinski definition) is 8. The Morgan fingerprint density at radius 1 is 1.22 bits per heavy atom. The smallest absolute Gasteiger partial charge is 0.165 e. The van der Waals surface area contributed by atoms with Crippen molar-refractivity contribution in [2.45, 2.75) is 63.6 Å². The Bertz CT molecular complexity index is 1400. The molecule has 0 aromatic carbocycles. The van der Waals surface area contributed by atoms with Gasteiger partial charge in [0.25, 0.3) is 0 Å². The SMILES string of the molecule is CC(=O)c1c(C2C[C@H]3CC[C@@H](C2)N3C[C@H](C)O)nc2c(-c3ccc(-c4ncc[nH]4)nc3)cnn2c1N. The highest BCUT2D eigenvalue weighted by atomic mass is 16.3. The number of aromatic nitrogens is 6. The predicted molar refractivity (Wildman–Crippen MR) is 135 cm³/mol. The third-order valence-electron chi connectivity index (χ3n) is 7.62. The Hall–Kier alpha value is -3.63. The zero-order chi connectivity index (χ0) is 25.0. The fourth-order valence-electron chi connectivity index (χ4n) is 6.09. The summed E-state index contributed by atoms with van der Waals surface area (Å²) in [6.07, 6.45) is 10.6. The lowest BCUT2D eigenvalue weighted by molar-refractivity contribution is 0.0637. The molecular weight excluding hydrogens is 456 g/mol. The van der Waals surface area contributed by atoms with Crippen LogP contribution in [0.25, 0.3) is 28.3 Å². The molecule has 36 heavy (non-hydrogen) atoms. The molecule has 2 bridgehead atoms. The van der Waals surface area contributed by atoms with Crippen LogP contribution in [0.15, 0.2) is 36.9 Å². The van der Waals surface area contributed by atoms with Gasteiger partial charge in [-0.2, -0.15) is 9.61 Å². The Labute approximate surface area is 208 Å². The van der Waals surface area contributed by atoms with Crippen molar-refractivity contribution in [3.05, 3.63) is 48.2 Å². The standard InChI is InChI=1S/C26H30N8O2/c1-14(35)13-33-18-4-5-19(33)10-17(9-18)23-22(15(2)36)24(27)34-26(32-23)20(12-31-34)16-3-6-21(30-11-16)25-28-7-8-29-25/h3,6-8,11-12,14,17-19,35H,4-5,9-10,13,27H2,1-2H3,(H,28,29)/t14-,17?,18-,19+/m0/s1. The van der Waals surface area contributed by atoms with Crippen LogP contribution in [0.3, 0.4) is 0 Å². The predicted octanol–water partition coefficient (Wildman–Crippen LogP) is 3.06. The molecule has 10 heteroatoms. The number of nitrogens with two attached hydrogens (primary N) is 1. The average molecular weight is 487 g/mol. The number of piperidine rings is 1. The topological polar surface area (TPSA) is 138 Å². The lowest BCUT2D eigenvalue weighted by Gasteiger charge is -2.39. The highest BCUT2D eigenvalue weighted by Crippen LogP contribution is 2.44. The molecule has 2 saturated heterocycles. The van der Waals surface area contributed by atoms with E-state index in [1.807, 2.05) is 19.1 Å². The fraction of sp³-hybridized carbons (Fsp3) is 0.423. The maximum absolute atomic E-state index is 12.8. The Morgan fingerprint density at radius 2 is 2.00 bits per heavy atom. The number of rotatable bonds is 6. The van der Waals surface area contributed by atoms with Gasteiger partial charge in [0.05, 0.1) is 23.6 Å². The van der Waals surface area contributed by atoms with Crippen molar-refractivity contribution < 1.29 is 9.90 Å². The third-order valence-corrected chi connectivity index (χ3v) is 7.62. The molecule has 0 saturated carbocycles. The van der Waals surface area contributed by atoms with Crippen LogP contribution in [0.2, 0.25) is 0 Å². The number of nitrogen functional groups attached to an aromatic ring is 1. The number of aliphatic hydroxyl groups excluding tert-OH is 1. The van der Waals surface area contributed by atoms with Crippen LogP contribution in [0.1, 0.15) is 61.5 Å². The largest absolute Gasteiger partial charge is 0.392 e. The van der Waals surface area contributed by atoms with Gasteiger partial charge in [0.1, 0.15) is 11.5 Å². The Balaban J connectivity index is 1.40. The van der Waals surface area contributed by atoms with Gasteiger partial charge < -0.3 is 15.8 Å². The number of ketones is 1. The van der Waals surface area contributed by atoms with Gasteiger partial charge in [-0.05, 0) is 45.6 Å². The molecule has 4 aromatic rings. The molecule has 10 nitrogen and oxygen atoms in total. The van der Waals surface area contributed by atoms with Crippen LogP contribution in [0.4, 0.5) is 5.82 Å². The number of H-pyrrole nitrogens is 1. The molecule has 4 aromatic heterocycles. The lowest BCUT2D eigenvalue weighted by atomic mass is 9.85. The van der Waals surface area contributed by atoms with Gasteiger partial charge in [0, 0.05) is 54.3 Å². The first-order valence-corrected chi connectivity index (χ1v) is 12.5. The highest BCUT2D eigenvalue weighted by Gasteiger charge is 2.43. The second-order valence-electron chi connectivity index (χ2n) is 10.1. The quantitative estimate of drug-likeness (QED) is 0.354. The molecule has 186 valence electrons. The second kappa shape index (κ2) is 8.79. The number of fused-ring (bicyclic) bond motifs is 3. The van der Waals surface area contributed by atoms with Crippen molar-refractivity contribution in [3.63, 3.8) is 0 Å². The lowest BCUT2D eigenvalue weighted by Crippen LogP contribution is -2.45. The number of pyridine rings is 1. The van der Waals surface area contributed by atoms with E-state index in [0.29, 0.717) is 41.5 Å². The van der Waals surface area contributed by atoms with Crippen molar-refractivity contribution >= 4 is 17.2 Å². The van der Waals surface area contributed by atoms with E-state index in [0.717, 1.165) is 48.2 Å². The van der Waals surface area contributed by atoms with E-state index in [4.69, 9.17) is 10.7 Å². The number of aliphatic hydroxyl groups is 1.